The molecule has 1 N–H and O–H groups in total. The Labute approximate surface area is 127 Å². The van der Waals surface area contributed by atoms with Gasteiger partial charge in [0.05, 0.1) is 0 Å². The van der Waals surface area contributed by atoms with Crippen molar-refractivity contribution in [3.8, 4) is 0 Å². The minimum Gasteiger partial charge on any atom is -0.316 e. The Kier molecular flexibility index (Phi) is 8.79. The van der Waals surface area contributed by atoms with Gasteiger partial charge in [-0.1, -0.05) is 53.4 Å². The van der Waals surface area contributed by atoms with Gasteiger partial charge in [0.25, 0.3) is 0 Å². The first-order valence-corrected chi connectivity index (χ1v) is 9.05. The third kappa shape index (κ3) is 6.58. The van der Waals surface area contributed by atoms with Gasteiger partial charge in [0.2, 0.25) is 0 Å². The Morgan fingerprint density at radius 3 is 2.35 bits per heavy atom. The molecular formula is C18H38N2. The van der Waals surface area contributed by atoms with Crippen molar-refractivity contribution in [3.63, 3.8) is 0 Å². The van der Waals surface area contributed by atoms with E-state index in [1.165, 1.54) is 77.7 Å². The Balaban J connectivity index is 2.52. The fourth-order valence-electron chi connectivity index (χ4n) is 3.52. The Morgan fingerprint density at radius 1 is 1.10 bits per heavy atom. The van der Waals surface area contributed by atoms with Gasteiger partial charge in [-0.15, -0.1) is 0 Å². The molecule has 2 heteroatoms. The van der Waals surface area contributed by atoms with E-state index in [0.717, 1.165) is 5.92 Å². The molecule has 0 unspecified atom stereocenters. The topological polar surface area (TPSA) is 15.3 Å². The minimum absolute atomic E-state index is 0.552. The van der Waals surface area contributed by atoms with Crippen LogP contribution in [0.25, 0.3) is 0 Å². The molecule has 0 amide bonds. The van der Waals surface area contributed by atoms with Crippen molar-refractivity contribution in [2.45, 2.75) is 72.6 Å². The highest BCUT2D eigenvalue weighted by atomic mass is 15.1. The fraction of sp³-hybridized carbons (Fsp3) is 1.00. The lowest BCUT2D eigenvalue weighted by atomic mass is 9.73. The summed E-state index contributed by atoms with van der Waals surface area (Å²) in [7, 11) is 0. The monoisotopic (exact) mass is 282 g/mol. The predicted molar refractivity (Wildman–Crippen MR) is 90.2 cm³/mol. The molecule has 0 radical (unpaired) electrons. The lowest BCUT2D eigenvalue weighted by Gasteiger charge is -2.41. The Hall–Kier alpha value is -0.0800. The molecule has 0 aromatic heterocycles. The molecule has 120 valence electrons. The summed E-state index contributed by atoms with van der Waals surface area (Å²) in [6.07, 6.45) is 9.86. The van der Waals surface area contributed by atoms with Gasteiger partial charge < -0.3 is 10.2 Å². The first kappa shape index (κ1) is 18.0. The van der Waals surface area contributed by atoms with Crippen LogP contribution in [0.5, 0.6) is 0 Å². The SMILES string of the molecule is CCCCN(CC)CC1(CNCC(C)C)CCCCC1. The highest BCUT2D eigenvalue weighted by Crippen LogP contribution is 2.36. The number of rotatable bonds is 10. The molecule has 0 spiro atoms. The molecule has 1 fully saturated rings. The summed E-state index contributed by atoms with van der Waals surface area (Å²) in [4.78, 5) is 2.70. The number of nitrogens with zero attached hydrogens (tertiary/aromatic N) is 1. The van der Waals surface area contributed by atoms with Gasteiger partial charge in [-0.3, -0.25) is 0 Å². The summed E-state index contributed by atoms with van der Waals surface area (Å²) >= 11 is 0. The first-order valence-electron chi connectivity index (χ1n) is 9.05. The molecule has 1 aliphatic rings. The molecule has 0 saturated heterocycles. The molecule has 0 atom stereocenters. The zero-order valence-electron chi connectivity index (χ0n) is 14.5. The second kappa shape index (κ2) is 9.78. The van der Waals surface area contributed by atoms with Crippen molar-refractivity contribution >= 4 is 0 Å². The van der Waals surface area contributed by atoms with E-state index in [0.29, 0.717) is 5.41 Å². The van der Waals surface area contributed by atoms with Crippen molar-refractivity contribution in [1.29, 1.82) is 0 Å². The summed E-state index contributed by atoms with van der Waals surface area (Å²) in [5.41, 5.74) is 0.552. The third-order valence-corrected chi connectivity index (χ3v) is 4.80. The van der Waals surface area contributed by atoms with Crippen LogP contribution in [0.15, 0.2) is 0 Å². The van der Waals surface area contributed by atoms with Crippen molar-refractivity contribution in [1.82, 2.24) is 10.2 Å². The largest absolute Gasteiger partial charge is 0.316 e. The summed E-state index contributed by atoms with van der Waals surface area (Å²) in [5, 5.41) is 3.75. The highest BCUT2D eigenvalue weighted by Gasteiger charge is 2.33. The lowest BCUT2D eigenvalue weighted by Crippen LogP contribution is -2.46. The molecule has 0 bridgehead atoms. The minimum atomic E-state index is 0.552. The van der Waals surface area contributed by atoms with Crippen LogP contribution < -0.4 is 5.32 Å². The van der Waals surface area contributed by atoms with Crippen LogP contribution in [0.3, 0.4) is 0 Å². The molecule has 0 aromatic rings. The number of unbranched alkanes of at least 4 members (excludes halogenated alkanes) is 1. The van der Waals surface area contributed by atoms with E-state index in [1.54, 1.807) is 0 Å². The van der Waals surface area contributed by atoms with E-state index < -0.39 is 0 Å². The van der Waals surface area contributed by atoms with Crippen LogP contribution in [-0.4, -0.2) is 37.6 Å². The first-order chi connectivity index (χ1) is 9.62. The number of nitrogens with one attached hydrogen (secondary N) is 1. The Bertz CT molecular complexity index is 232. The molecule has 1 rings (SSSR count). The summed E-state index contributed by atoms with van der Waals surface area (Å²) in [6, 6.07) is 0. The summed E-state index contributed by atoms with van der Waals surface area (Å²) in [6.45, 7) is 15.5. The van der Waals surface area contributed by atoms with Gasteiger partial charge in [-0.05, 0) is 50.2 Å². The molecule has 2 nitrogen and oxygen atoms in total. The van der Waals surface area contributed by atoms with E-state index in [9.17, 15) is 0 Å². The molecule has 0 aromatic carbocycles. The number of hydrogen-bond acceptors (Lipinski definition) is 2. The number of hydrogen-bond donors (Lipinski definition) is 1. The van der Waals surface area contributed by atoms with Gasteiger partial charge in [0, 0.05) is 13.1 Å². The summed E-state index contributed by atoms with van der Waals surface area (Å²) < 4.78 is 0. The van der Waals surface area contributed by atoms with E-state index in [2.05, 4.69) is 37.9 Å². The molecule has 20 heavy (non-hydrogen) atoms. The molecular weight excluding hydrogens is 244 g/mol. The maximum atomic E-state index is 3.75. The fourth-order valence-corrected chi connectivity index (χ4v) is 3.52. The van der Waals surface area contributed by atoms with Gasteiger partial charge >= 0.3 is 0 Å². The van der Waals surface area contributed by atoms with Crippen LogP contribution in [0, 0.1) is 11.3 Å². The second-order valence-corrected chi connectivity index (χ2v) is 7.31. The third-order valence-electron chi connectivity index (χ3n) is 4.80. The smallest absolute Gasteiger partial charge is 0.00500 e. The van der Waals surface area contributed by atoms with Gasteiger partial charge in [-0.2, -0.15) is 0 Å². The zero-order valence-corrected chi connectivity index (χ0v) is 14.5. The predicted octanol–water partition coefficient (Wildman–Crippen LogP) is 4.30. The molecule has 0 heterocycles. The summed E-state index contributed by atoms with van der Waals surface area (Å²) in [5.74, 6) is 0.762. The van der Waals surface area contributed by atoms with Crippen LogP contribution in [0.4, 0.5) is 0 Å². The van der Waals surface area contributed by atoms with Gasteiger partial charge in [0.1, 0.15) is 0 Å². The quantitative estimate of drug-likeness (QED) is 0.642. The maximum absolute atomic E-state index is 3.75. The average molecular weight is 283 g/mol. The van der Waals surface area contributed by atoms with E-state index in [-0.39, 0.29) is 0 Å². The highest BCUT2D eigenvalue weighted by molar-refractivity contribution is 4.88. The van der Waals surface area contributed by atoms with Crippen molar-refractivity contribution in [3.05, 3.63) is 0 Å². The van der Waals surface area contributed by atoms with Crippen molar-refractivity contribution in [2.75, 3.05) is 32.7 Å². The van der Waals surface area contributed by atoms with Crippen molar-refractivity contribution in [2.24, 2.45) is 11.3 Å². The van der Waals surface area contributed by atoms with Gasteiger partial charge in [0.15, 0.2) is 0 Å². The van der Waals surface area contributed by atoms with Gasteiger partial charge in [-0.25, -0.2) is 0 Å². The van der Waals surface area contributed by atoms with E-state index >= 15 is 0 Å². The zero-order chi connectivity index (χ0) is 14.8. The molecule has 1 aliphatic carbocycles. The standard InChI is InChI=1S/C18H38N2/c1-5-7-13-20(6-2)16-18(11-9-8-10-12-18)15-19-14-17(3)4/h17,19H,5-16H2,1-4H3. The lowest BCUT2D eigenvalue weighted by molar-refractivity contribution is 0.103. The van der Waals surface area contributed by atoms with E-state index in [4.69, 9.17) is 0 Å². The van der Waals surface area contributed by atoms with Crippen LogP contribution in [0.1, 0.15) is 72.6 Å². The van der Waals surface area contributed by atoms with E-state index in [1.807, 2.05) is 0 Å². The average Bonchev–Trinajstić information content (AvgIpc) is 2.44. The maximum Gasteiger partial charge on any atom is 0.00500 e. The normalized spacial score (nSPS) is 18.9. The van der Waals surface area contributed by atoms with Crippen LogP contribution >= 0.6 is 0 Å². The van der Waals surface area contributed by atoms with Crippen LogP contribution in [-0.2, 0) is 0 Å². The second-order valence-electron chi connectivity index (χ2n) is 7.31. The van der Waals surface area contributed by atoms with Crippen LogP contribution in [0.2, 0.25) is 0 Å². The molecule has 1 saturated carbocycles. The van der Waals surface area contributed by atoms with Crippen molar-refractivity contribution < 1.29 is 0 Å². The Morgan fingerprint density at radius 2 is 1.80 bits per heavy atom. The molecule has 0 aliphatic heterocycles.